The summed E-state index contributed by atoms with van der Waals surface area (Å²) < 4.78 is 0. The van der Waals surface area contributed by atoms with Gasteiger partial charge in [0, 0.05) is 11.1 Å². The van der Waals surface area contributed by atoms with E-state index >= 15 is 0 Å². The molecule has 6 heteroatoms. The fourth-order valence-electron chi connectivity index (χ4n) is 1.92. The molecule has 0 fully saturated rings. The maximum atomic E-state index is 12.7. The lowest BCUT2D eigenvalue weighted by atomic mass is 9.97. The van der Waals surface area contributed by atoms with Crippen LogP contribution in [0.15, 0.2) is 42.0 Å². The Hall–Kier alpha value is -2.30. The molecule has 0 aromatic heterocycles. The van der Waals surface area contributed by atoms with E-state index in [2.05, 4.69) is 0 Å². The van der Waals surface area contributed by atoms with E-state index < -0.39 is 0 Å². The van der Waals surface area contributed by atoms with E-state index in [0.717, 1.165) is 0 Å². The van der Waals surface area contributed by atoms with Crippen LogP contribution in [0.5, 0.6) is 0 Å². The molecule has 0 aliphatic carbocycles. The predicted octanol–water partition coefficient (Wildman–Crippen LogP) is 5.31. The number of carbonyl (C=O) groups is 1. The van der Waals surface area contributed by atoms with E-state index in [1.165, 1.54) is 18.2 Å². The molecule has 112 valence electrons. The maximum absolute atomic E-state index is 12.7. The molecular weight excluding hydrogens is 355 g/mol. The number of rotatable bonds is 3. The van der Waals surface area contributed by atoms with Crippen LogP contribution in [0.25, 0.3) is 6.08 Å². The molecule has 2 aromatic rings. The van der Waals surface area contributed by atoms with Gasteiger partial charge in [0.1, 0.15) is 17.7 Å². The zero-order valence-electron chi connectivity index (χ0n) is 11.5. The smallest absolute Gasteiger partial charge is 0.195 e. The molecule has 3 nitrogen and oxygen atoms in total. The molecule has 0 radical (unpaired) electrons. The molecule has 0 amide bonds. The fourth-order valence-corrected chi connectivity index (χ4v) is 2.55. The molecule has 0 heterocycles. The van der Waals surface area contributed by atoms with Crippen LogP contribution in [0.1, 0.15) is 21.5 Å². The van der Waals surface area contributed by atoms with Crippen LogP contribution >= 0.6 is 34.8 Å². The molecule has 0 N–H and O–H groups in total. The van der Waals surface area contributed by atoms with E-state index in [9.17, 15) is 4.79 Å². The van der Waals surface area contributed by atoms with Gasteiger partial charge in [-0.05, 0) is 23.8 Å². The fraction of sp³-hybridized carbons (Fsp3) is 0. The first-order valence-electron chi connectivity index (χ1n) is 6.28. The summed E-state index contributed by atoms with van der Waals surface area (Å²) in [5.41, 5.74) is 0.830. The van der Waals surface area contributed by atoms with Crippen molar-refractivity contribution in [2.24, 2.45) is 0 Å². The molecule has 0 aliphatic heterocycles. The summed E-state index contributed by atoms with van der Waals surface area (Å²) in [6.45, 7) is 0. The van der Waals surface area contributed by atoms with Crippen LogP contribution in [0.4, 0.5) is 0 Å². The second-order valence-corrected chi connectivity index (χ2v) is 5.67. The van der Waals surface area contributed by atoms with Gasteiger partial charge in [-0.15, -0.1) is 0 Å². The lowest BCUT2D eigenvalue weighted by molar-refractivity contribution is 0.103. The lowest BCUT2D eigenvalue weighted by Crippen LogP contribution is -2.05. The van der Waals surface area contributed by atoms with Crippen molar-refractivity contribution in [3.05, 3.63) is 73.7 Å². The van der Waals surface area contributed by atoms with Gasteiger partial charge in [0.25, 0.3) is 0 Å². The monoisotopic (exact) mass is 360 g/mol. The van der Waals surface area contributed by atoms with Gasteiger partial charge in [-0.25, -0.2) is 0 Å². The summed E-state index contributed by atoms with van der Waals surface area (Å²) in [6, 6.07) is 12.9. The van der Waals surface area contributed by atoms with Gasteiger partial charge in [-0.1, -0.05) is 59.1 Å². The molecule has 0 aliphatic rings. The largest absolute Gasteiger partial charge is 0.289 e. The summed E-state index contributed by atoms with van der Waals surface area (Å²) in [7, 11) is 0. The molecule has 2 rings (SSSR count). The minimum atomic E-state index is -0.379. The Kier molecular flexibility index (Phi) is 5.42. The number of hydrogen-bond acceptors (Lipinski definition) is 3. The van der Waals surface area contributed by atoms with Crippen molar-refractivity contribution < 1.29 is 4.79 Å². The number of nitriles is 2. The summed E-state index contributed by atoms with van der Waals surface area (Å²) in [5.74, 6) is -0.379. The zero-order valence-corrected chi connectivity index (χ0v) is 13.7. The van der Waals surface area contributed by atoms with Crippen LogP contribution in [0.2, 0.25) is 15.1 Å². The Bertz CT molecular complexity index is 889. The maximum Gasteiger partial charge on any atom is 0.195 e. The van der Waals surface area contributed by atoms with Crippen molar-refractivity contribution in [3.63, 3.8) is 0 Å². The van der Waals surface area contributed by atoms with Gasteiger partial charge >= 0.3 is 0 Å². The molecule has 0 saturated carbocycles. The molecular formula is C17H7Cl3N2O. The summed E-state index contributed by atoms with van der Waals surface area (Å²) in [4.78, 5) is 12.7. The van der Waals surface area contributed by atoms with Crippen molar-refractivity contribution in [1.82, 2.24) is 0 Å². The van der Waals surface area contributed by atoms with Gasteiger partial charge in [0.15, 0.2) is 5.78 Å². The molecule has 2 aromatic carbocycles. The molecule has 0 saturated heterocycles. The van der Waals surface area contributed by atoms with Crippen molar-refractivity contribution in [3.8, 4) is 12.1 Å². The number of allylic oxidation sites excluding steroid dienone is 1. The van der Waals surface area contributed by atoms with Crippen molar-refractivity contribution in [2.45, 2.75) is 0 Å². The molecule has 0 spiro atoms. The number of ketones is 1. The SMILES string of the molecule is N#CC(C#N)=Cc1ccccc1C(=O)c1cc(Cl)c(Cl)cc1Cl. The standard InChI is InChI=1S/C17H7Cl3N2O/c18-14-7-16(20)15(19)6-13(14)17(23)12-4-2-1-3-11(12)5-10(8-21)9-22/h1-7H. The Morgan fingerprint density at radius 3 is 2.17 bits per heavy atom. The number of nitrogens with zero attached hydrogens (tertiary/aromatic N) is 2. The summed E-state index contributed by atoms with van der Waals surface area (Å²) >= 11 is 17.9. The van der Waals surface area contributed by atoms with Crippen molar-refractivity contribution in [1.29, 1.82) is 10.5 Å². The van der Waals surface area contributed by atoms with E-state index in [1.54, 1.807) is 36.4 Å². The average molecular weight is 362 g/mol. The minimum absolute atomic E-state index is 0.106. The van der Waals surface area contributed by atoms with E-state index in [-0.39, 0.29) is 32.0 Å². The molecule has 23 heavy (non-hydrogen) atoms. The highest BCUT2D eigenvalue weighted by molar-refractivity contribution is 6.44. The van der Waals surface area contributed by atoms with Crippen molar-refractivity contribution in [2.75, 3.05) is 0 Å². The van der Waals surface area contributed by atoms with Crippen LogP contribution in [0, 0.1) is 22.7 Å². The first-order chi connectivity index (χ1) is 11.0. The second kappa shape index (κ2) is 7.31. The highest BCUT2D eigenvalue weighted by Crippen LogP contribution is 2.31. The van der Waals surface area contributed by atoms with Crippen LogP contribution in [-0.2, 0) is 0 Å². The van der Waals surface area contributed by atoms with E-state index in [1.807, 2.05) is 0 Å². The summed E-state index contributed by atoms with van der Waals surface area (Å²) in [6.07, 6.45) is 1.35. The zero-order chi connectivity index (χ0) is 17.0. The number of halogens is 3. The van der Waals surface area contributed by atoms with Gasteiger partial charge in [-0.3, -0.25) is 4.79 Å². The first kappa shape index (κ1) is 17.1. The van der Waals surface area contributed by atoms with Gasteiger partial charge in [0.05, 0.1) is 15.1 Å². The van der Waals surface area contributed by atoms with Gasteiger partial charge < -0.3 is 0 Å². The third-order valence-electron chi connectivity index (χ3n) is 3.00. The van der Waals surface area contributed by atoms with Gasteiger partial charge in [0.2, 0.25) is 0 Å². The lowest BCUT2D eigenvalue weighted by Gasteiger charge is -2.08. The number of benzene rings is 2. The predicted molar refractivity (Wildman–Crippen MR) is 90.5 cm³/mol. The number of carbonyl (C=O) groups excluding carboxylic acids is 1. The molecule has 0 atom stereocenters. The second-order valence-electron chi connectivity index (χ2n) is 4.44. The van der Waals surface area contributed by atoms with E-state index in [4.69, 9.17) is 45.3 Å². The third kappa shape index (κ3) is 3.73. The van der Waals surface area contributed by atoms with E-state index in [0.29, 0.717) is 11.1 Å². The van der Waals surface area contributed by atoms with Crippen molar-refractivity contribution >= 4 is 46.7 Å². The Morgan fingerprint density at radius 2 is 1.52 bits per heavy atom. The Balaban J connectivity index is 2.59. The summed E-state index contributed by atoms with van der Waals surface area (Å²) in [5, 5.41) is 18.4. The highest BCUT2D eigenvalue weighted by Gasteiger charge is 2.17. The molecule has 0 unspecified atom stereocenters. The van der Waals surface area contributed by atoms with Crippen LogP contribution in [-0.4, -0.2) is 5.78 Å². The first-order valence-corrected chi connectivity index (χ1v) is 7.41. The van der Waals surface area contributed by atoms with Gasteiger partial charge in [-0.2, -0.15) is 10.5 Å². The quantitative estimate of drug-likeness (QED) is 0.423. The highest BCUT2D eigenvalue weighted by atomic mass is 35.5. The number of hydrogen-bond donors (Lipinski definition) is 0. The van der Waals surface area contributed by atoms with Crippen LogP contribution in [0.3, 0.4) is 0 Å². The minimum Gasteiger partial charge on any atom is -0.289 e. The van der Waals surface area contributed by atoms with Crippen LogP contribution < -0.4 is 0 Å². The Labute approximate surface area is 147 Å². The molecule has 0 bridgehead atoms. The Morgan fingerprint density at radius 1 is 0.913 bits per heavy atom. The topological polar surface area (TPSA) is 64.7 Å². The normalized spacial score (nSPS) is 9.61. The average Bonchev–Trinajstić information content (AvgIpc) is 2.55. The third-order valence-corrected chi connectivity index (χ3v) is 4.04.